The third kappa shape index (κ3) is 3.83. The van der Waals surface area contributed by atoms with Crippen molar-refractivity contribution < 1.29 is 39.5 Å². The second-order valence-electron chi connectivity index (χ2n) is 2.22. The predicted molar refractivity (Wildman–Crippen MR) is 33.0 cm³/mol. The molecule has 14 heavy (non-hydrogen) atoms. The number of carboxylic acids is 2. The number of carboxylic acid groups (broad SMARTS) is 2. The zero-order valence-electron chi connectivity index (χ0n) is 6.71. The Hall–Kier alpha value is -1.67. The average molecular weight is 206 g/mol. The molecule has 2 unspecified atom stereocenters. The SMILES string of the molecule is O=C([O-])C(=O)OCC(O)C(O)C(=O)[O-]. The number of ether oxygens (including phenoxy) is 1. The minimum atomic E-state index is -2.26. The lowest BCUT2D eigenvalue weighted by Crippen LogP contribution is -2.46. The van der Waals surface area contributed by atoms with Crippen LogP contribution < -0.4 is 10.2 Å². The number of aliphatic hydroxyl groups excluding tert-OH is 2. The molecule has 0 heterocycles. The van der Waals surface area contributed by atoms with Gasteiger partial charge in [0.1, 0.15) is 18.8 Å². The van der Waals surface area contributed by atoms with E-state index in [4.69, 9.17) is 10.2 Å². The minimum absolute atomic E-state index is 0.984. The molecule has 0 aromatic heterocycles. The lowest BCUT2D eigenvalue weighted by molar-refractivity contribution is -0.318. The highest BCUT2D eigenvalue weighted by Crippen LogP contribution is 1.93. The molecule has 80 valence electrons. The maximum absolute atomic E-state index is 10.2. The average Bonchev–Trinajstić information content (AvgIpc) is 2.11. The molecular formula is C6H6O8-2. The first-order valence-corrected chi connectivity index (χ1v) is 3.31. The fourth-order valence-corrected chi connectivity index (χ4v) is 0.468. The van der Waals surface area contributed by atoms with Crippen LogP contribution in [0.15, 0.2) is 0 Å². The summed E-state index contributed by atoms with van der Waals surface area (Å²) >= 11 is 0. The van der Waals surface area contributed by atoms with Gasteiger partial charge in [-0.05, 0) is 0 Å². The monoisotopic (exact) mass is 206 g/mol. The van der Waals surface area contributed by atoms with E-state index in [0.29, 0.717) is 0 Å². The van der Waals surface area contributed by atoms with Crippen LogP contribution in [0, 0.1) is 0 Å². The third-order valence-electron chi connectivity index (χ3n) is 1.16. The molecule has 0 radical (unpaired) electrons. The summed E-state index contributed by atoms with van der Waals surface area (Å²) in [6, 6.07) is 0. The molecule has 0 aromatic carbocycles. The molecular weight excluding hydrogens is 200 g/mol. The van der Waals surface area contributed by atoms with E-state index in [1.54, 1.807) is 0 Å². The molecule has 0 saturated carbocycles. The van der Waals surface area contributed by atoms with Gasteiger partial charge in [-0.1, -0.05) is 0 Å². The molecule has 0 spiro atoms. The van der Waals surface area contributed by atoms with Crippen LogP contribution in [0.1, 0.15) is 0 Å². The highest BCUT2D eigenvalue weighted by Gasteiger charge is 2.19. The summed E-state index contributed by atoms with van der Waals surface area (Å²) < 4.78 is 3.83. The number of rotatable bonds is 4. The predicted octanol–water partition coefficient (Wildman–Crippen LogP) is -5.25. The van der Waals surface area contributed by atoms with Crippen molar-refractivity contribution in [3.63, 3.8) is 0 Å². The van der Waals surface area contributed by atoms with E-state index in [0.717, 1.165) is 0 Å². The molecule has 0 aliphatic rings. The summed E-state index contributed by atoms with van der Waals surface area (Å²) in [6.45, 7) is -0.984. The number of hydrogen-bond donors (Lipinski definition) is 2. The highest BCUT2D eigenvalue weighted by molar-refractivity contribution is 6.27. The molecule has 2 N–H and O–H groups in total. The van der Waals surface area contributed by atoms with Gasteiger partial charge in [0.2, 0.25) is 0 Å². The quantitative estimate of drug-likeness (QED) is 0.342. The molecule has 0 amide bonds. The van der Waals surface area contributed by atoms with Gasteiger partial charge in [-0.2, -0.15) is 0 Å². The summed E-state index contributed by atoms with van der Waals surface area (Å²) in [6.07, 6.45) is -4.21. The first kappa shape index (κ1) is 12.3. The van der Waals surface area contributed by atoms with Crippen LogP contribution in [0.5, 0.6) is 0 Å². The Morgan fingerprint density at radius 3 is 2.07 bits per heavy atom. The molecule has 0 aromatic rings. The summed E-state index contributed by atoms with van der Waals surface area (Å²) in [5.74, 6) is -5.88. The van der Waals surface area contributed by atoms with Crippen LogP contribution in [0.4, 0.5) is 0 Å². The summed E-state index contributed by atoms with van der Waals surface area (Å²) in [5.41, 5.74) is 0. The number of hydrogen-bond acceptors (Lipinski definition) is 8. The fraction of sp³-hybridized carbons (Fsp3) is 0.500. The van der Waals surface area contributed by atoms with Crippen molar-refractivity contribution in [2.45, 2.75) is 12.2 Å². The number of carbonyl (C=O) groups is 3. The Morgan fingerprint density at radius 1 is 1.21 bits per heavy atom. The molecule has 0 aliphatic carbocycles. The third-order valence-corrected chi connectivity index (χ3v) is 1.16. The van der Waals surface area contributed by atoms with Crippen LogP contribution in [-0.2, 0) is 19.1 Å². The maximum Gasteiger partial charge on any atom is 0.354 e. The Bertz CT molecular complexity index is 246. The zero-order valence-corrected chi connectivity index (χ0v) is 6.71. The normalized spacial score (nSPS) is 14.1. The first-order valence-electron chi connectivity index (χ1n) is 3.31. The van der Waals surface area contributed by atoms with Crippen LogP contribution >= 0.6 is 0 Å². The maximum atomic E-state index is 10.2. The first-order chi connectivity index (χ1) is 6.36. The van der Waals surface area contributed by atoms with Crippen LogP contribution in [0.25, 0.3) is 0 Å². The topological polar surface area (TPSA) is 147 Å². The van der Waals surface area contributed by atoms with Crippen molar-refractivity contribution in [3.05, 3.63) is 0 Å². The second-order valence-corrected chi connectivity index (χ2v) is 2.22. The van der Waals surface area contributed by atoms with Crippen molar-refractivity contribution in [2.75, 3.05) is 6.61 Å². The Labute approximate surface area is 77.3 Å². The van der Waals surface area contributed by atoms with Crippen molar-refractivity contribution in [3.8, 4) is 0 Å². The molecule has 8 heteroatoms. The number of esters is 1. The molecule has 0 fully saturated rings. The standard InChI is InChI=1S/C6H8O8/c7-2(3(8)4(9)10)1-14-6(13)5(11)12/h2-3,7-8H,1H2,(H,9,10)(H,11,12)/p-2. The van der Waals surface area contributed by atoms with Gasteiger partial charge in [-0.25, -0.2) is 4.79 Å². The Kier molecular flexibility index (Phi) is 4.53. The smallest absolute Gasteiger partial charge is 0.354 e. The summed E-state index contributed by atoms with van der Waals surface area (Å²) in [7, 11) is 0. The van der Waals surface area contributed by atoms with Gasteiger partial charge in [-0.15, -0.1) is 0 Å². The van der Waals surface area contributed by atoms with Gasteiger partial charge in [-0.3, -0.25) is 0 Å². The van der Waals surface area contributed by atoms with Crippen LogP contribution in [0.3, 0.4) is 0 Å². The van der Waals surface area contributed by atoms with Crippen LogP contribution in [0.2, 0.25) is 0 Å². The highest BCUT2D eigenvalue weighted by atomic mass is 16.6. The van der Waals surface area contributed by atoms with Gasteiger partial charge >= 0.3 is 5.97 Å². The van der Waals surface area contributed by atoms with E-state index < -0.39 is 36.7 Å². The van der Waals surface area contributed by atoms with Crippen molar-refractivity contribution in [2.24, 2.45) is 0 Å². The molecule has 8 nitrogen and oxygen atoms in total. The minimum Gasteiger partial charge on any atom is -0.547 e. The second kappa shape index (κ2) is 5.14. The van der Waals surface area contributed by atoms with Gasteiger partial charge in [0, 0.05) is 0 Å². The summed E-state index contributed by atoms with van der Waals surface area (Å²) in [5, 5.41) is 37.0. The number of carbonyl (C=O) groups excluding carboxylic acids is 3. The van der Waals surface area contributed by atoms with Gasteiger partial charge < -0.3 is 34.8 Å². The molecule has 0 rings (SSSR count). The van der Waals surface area contributed by atoms with E-state index in [9.17, 15) is 24.6 Å². The Balaban J connectivity index is 3.96. The van der Waals surface area contributed by atoms with Gasteiger partial charge in [0.25, 0.3) is 0 Å². The molecule has 0 saturated heterocycles. The van der Waals surface area contributed by atoms with E-state index in [1.807, 2.05) is 0 Å². The lowest BCUT2D eigenvalue weighted by atomic mass is 10.2. The van der Waals surface area contributed by atoms with Crippen molar-refractivity contribution >= 4 is 17.9 Å². The fourth-order valence-electron chi connectivity index (χ4n) is 0.468. The van der Waals surface area contributed by atoms with Crippen molar-refractivity contribution in [1.29, 1.82) is 0 Å². The molecule has 0 aliphatic heterocycles. The number of aliphatic carboxylic acids is 2. The van der Waals surface area contributed by atoms with Crippen LogP contribution in [-0.4, -0.2) is 46.9 Å². The largest absolute Gasteiger partial charge is 0.547 e. The zero-order chi connectivity index (χ0) is 11.3. The van der Waals surface area contributed by atoms with E-state index >= 15 is 0 Å². The molecule has 0 bridgehead atoms. The lowest BCUT2D eigenvalue weighted by Gasteiger charge is -2.18. The van der Waals surface area contributed by atoms with E-state index in [2.05, 4.69) is 4.74 Å². The van der Waals surface area contributed by atoms with E-state index in [1.165, 1.54) is 0 Å². The van der Waals surface area contributed by atoms with Crippen molar-refractivity contribution in [1.82, 2.24) is 0 Å². The molecule has 2 atom stereocenters. The van der Waals surface area contributed by atoms with Gasteiger partial charge in [0.15, 0.2) is 5.97 Å². The number of aliphatic hydroxyl groups is 2. The summed E-state index contributed by atoms with van der Waals surface area (Å²) in [4.78, 5) is 29.9. The Morgan fingerprint density at radius 2 is 1.71 bits per heavy atom. The van der Waals surface area contributed by atoms with Gasteiger partial charge in [0.05, 0.1) is 5.97 Å². The van der Waals surface area contributed by atoms with E-state index in [-0.39, 0.29) is 0 Å².